The van der Waals surface area contributed by atoms with E-state index in [-0.39, 0.29) is 37.2 Å². The monoisotopic (exact) mass is 635 g/mol. The predicted molar refractivity (Wildman–Crippen MR) is 179 cm³/mol. The van der Waals surface area contributed by atoms with Gasteiger partial charge in [0.05, 0.1) is 21.7 Å². The molecule has 5 rings (SSSR count). The van der Waals surface area contributed by atoms with Gasteiger partial charge in [-0.25, -0.2) is 4.98 Å². The molecule has 0 bridgehead atoms. The molecule has 0 aliphatic rings. The molecule has 0 saturated carbocycles. The van der Waals surface area contributed by atoms with Crippen molar-refractivity contribution in [3.63, 3.8) is 0 Å². The molecule has 5 nitrogen and oxygen atoms in total. The van der Waals surface area contributed by atoms with E-state index in [1.54, 1.807) is 11.9 Å². The first-order chi connectivity index (χ1) is 18.1. The number of likely N-dealkylation sites (N-methyl/N-ethyl adjacent to an activating group) is 1. The summed E-state index contributed by atoms with van der Waals surface area (Å²) < 4.78 is 2.09. The molecule has 0 N–H and O–H groups in total. The summed E-state index contributed by atoms with van der Waals surface area (Å²) in [5.41, 5.74) is 6.25. The Labute approximate surface area is 264 Å². The maximum absolute atomic E-state index is 6.99. The van der Waals surface area contributed by atoms with E-state index < -0.39 is 0 Å². The molecule has 0 unspecified atom stereocenters. The maximum atomic E-state index is 6.99. The van der Waals surface area contributed by atoms with Crippen molar-refractivity contribution < 1.29 is 0 Å². The molecule has 0 aliphatic carbocycles. The van der Waals surface area contributed by atoms with Gasteiger partial charge < -0.3 is 4.90 Å². The van der Waals surface area contributed by atoms with Crippen LogP contribution < -0.4 is 4.90 Å². The minimum atomic E-state index is 0. The first-order valence-electron chi connectivity index (χ1n) is 12.3. The van der Waals surface area contributed by atoms with Gasteiger partial charge in [-0.15, -0.1) is 37.2 Å². The predicted octanol–water partition coefficient (Wildman–Crippen LogP) is 8.28. The number of para-hydroxylation sites is 2. The highest BCUT2D eigenvalue weighted by Crippen LogP contribution is 2.36. The summed E-state index contributed by atoms with van der Waals surface area (Å²) in [6, 6.07) is 31.4. The van der Waals surface area contributed by atoms with E-state index in [9.17, 15) is 0 Å². The van der Waals surface area contributed by atoms with Gasteiger partial charge >= 0.3 is 0 Å². The Balaban J connectivity index is 0.00000187. The Kier molecular flexibility index (Phi) is 13.6. The van der Waals surface area contributed by atoms with Crippen LogP contribution in [0.4, 0.5) is 5.69 Å². The lowest BCUT2D eigenvalue weighted by molar-refractivity contribution is 0.263. The Morgan fingerprint density at radius 2 is 1.35 bits per heavy atom. The SMILES string of the molecule is CSn1c(-c2nccc(N(C)CCN(Cc3ccccc3)Cc3ccccc3)c2Cl)nc2ccccc21.Cl.Cl.Cl. The lowest BCUT2D eigenvalue weighted by Gasteiger charge is -2.27. The summed E-state index contributed by atoms with van der Waals surface area (Å²) in [5.74, 6) is 0.767. The highest BCUT2D eigenvalue weighted by atomic mass is 35.5. The van der Waals surface area contributed by atoms with Crippen LogP contribution in [0, 0.1) is 0 Å². The fraction of sp³-hybridized carbons (Fsp3) is 0.200. The van der Waals surface area contributed by atoms with Crippen molar-refractivity contribution >= 4 is 77.5 Å². The maximum Gasteiger partial charge on any atom is 0.171 e. The van der Waals surface area contributed by atoms with Crippen LogP contribution in [0.1, 0.15) is 11.1 Å². The number of hydrogen-bond donors (Lipinski definition) is 0. The fourth-order valence-corrected chi connectivity index (χ4v) is 5.52. The zero-order chi connectivity index (χ0) is 25.6. The quantitative estimate of drug-likeness (QED) is 0.154. The third-order valence-electron chi connectivity index (χ3n) is 6.44. The molecule has 3 aromatic carbocycles. The highest BCUT2D eigenvalue weighted by Gasteiger charge is 2.20. The van der Waals surface area contributed by atoms with Gasteiger partial charge in [-0.2, -0.15) is 0 Å². The van der Waals surface area contributed by atoms with E-state index in [0.29, 0.717) is 10.7 Å². The molecule has 0 saturated heterocycles. The van der Waals surface area contributed by atoms with Crippen molar-refractivity contribution in [1.82, 2.24) is 18.8 Å². The molecule has 2 heterocycles. The van der Waals surface area contributed by atoms with Crippen LogP contribution in [-0.2, 0) is 13.1 Å². The third-order valence-corrected chi connectivity index (χ3v) is 7.55. The summed E-state index contributed by atoms with van der Waals surface area (Å²) in [7, 11) is 2.09. The molecule has 40 heavy (non-hydrogen) atoms. The summed E-state index contributed by atoms with van der Waals surface area (Å²) in [4.78, 5) is 14.2. The molecular weight excluding hydrogens is 604 g/mol. The van der Waals surface area contributed by atoms with Gasteiger partial charge in [0.15, 0.2) is 5.82 Å². The number of benzene rings is 3. The molecule has 212 valence electrons. The summed E-state index contributed by atoms with van der Waals surface area (Å²) in [6.45, 7) is 3.48. The first kappa shape index (κ1) is 33.8. The summed E-state index contributed by atoms with van der Waals surface area (Å²) in [6.07, 6.45) is 3.86. The Morgan fingerprint density at radius 1 is 0.775 bits per heavy atom. The van der Waals surface area contributed by atoms with Crippen LogP contribution in [-0.4, -0.2) is 45.2 Å². The fourth-order valence-electron chi connectivity index (χ4n) is 4.53. The second kappa shape index (κ2) is 16.1. The molecular formula is C30H33Cl4N5S. The number of fused-ring (bicyclic) bond motifs is 1. The molecule has 0 radical (unpaired) electrons. The number of hydrogen-bond acceptors (Lipinski definition) is 5. The van der Waals surface area contributed by atoms with E-state index in [1.165, 1.54) is 11.1 Å². The molecule has 5 aromatic rings. The smallest absolute Gasteiger partial charge is 0.171 e. The lowest BCUT2D eigenvalue weighted by atomic mass is 10.1. The summed E-state index contributed by atoms with van der Waals surface area (Å²) in [5, 5.41) is 0.619. The lowest BCUT2D eigenvalue weighted by Crippen LogP contribution is -2.33. The number of halogens is 4. The van der Waals surface area contributed by atoms with Crippen molar-refractivity contribution in [1.29, 1.82) is 0 Å². The van der Waals surface area contributed by atoms with E-state index in [2.05, 4.69) is 92.5 Å². The first-order valence-corrected chi connectivity index (χ1v) is 13.9. The number of aromatic nitrogens is 3. The van der Waals surface area contributed by atoms with E-state index >= 15 is 0 Å². The molecule has 0 atom stereocenters. The standard InChI is InChI=1S/C30H30ClN5S.3ClH/c1-34(19-20-35(21-23-11-5-3-6-12-23)22-24-13-7-4-8-14-24)27-17-18-32-29(28(27)31)30-33-25-15-9-10-16-26(25)36(30)37-2;;;/h3-18H,19-22H2,1-2H3;3*1H. The van der Waals surface area contributed by atoms with E-state index in [4.69, 9.17) is 16.6 Å². The Morgan fingerprint density at radius 3 is 1.95 bits per heavy atom. The normalized spacial score (nSPS) is 10.5. The zero-order valence-corrected chi connectivity index (χ0v) is 26.3. The van der Waals surface area contributed by atoms with Crippen LogP contribution >= 0.6 is 60.8 Å². The van der Waals surface area contributed by atoms with E-state index in [1.807, 2.05) is 36.7 Å². The topological polar surface area (TPSA) is 37.2 Å². The van der Waals surface area contributed by atoms with Crippen molar-refractivity contribution in [2.24, 2.45) is 0 Å². The molecule has 2 aromatic heterocycles. The minimum Gasteiger partial charge on any atom is -0.372 e. The second-order valence-electron chi connectivity index (χ2n) is 9.00. The van der Waals surface area contributed by atoms with Crippen molar-refractivity contribution in [3.05, 3.63) is 113 Å². The molecule has 0 spiro atoms. The van der Waals surface area contributed by atoms with Crippen molar-refractivity contribution in [3.8, 4) is 11.5 Å². The third kappa shape index (κ3) is 7.84. The average Bonchev–Trinajstić information content (AvgIpc) is 3.31. The number of nitrogens with zero attached hydrogens (tertiary/aromatic N) is 5. The van der Waals surface area contributed by atoms with Gasteiger partial charge in [-0.1, -0.05) is 84.4 Å². The van der Waals surface area contributed by atoms with Gasteiger partial charge in [0.2, 0.25) is 0 Å². The number of rotatable bonds is 10. The molecule has 0 fully saturated rings. The zero-order valence-electron chi connectivity index (χ0n) is 22.3. The molecule has 0 amide bonds. The Hall–Kier alpha value is -2.45. The van der Waals surface area contributed by atoms with Crippen molar-refractivity contribution in [2.75, 3.05) is 31.3 Å². The van der Waals surface area contributed by atoms with Gasteiger partial charge in [0.25, 0.3) is 0 Å². The van der Waals surface area contributed by atoms with Crippen LogP contribution in [0.3, 0.4) is 0 Å². The highest BCUT2D eigenvalue weighted by molar-refractivity contribution is 7.97. The van der Waals surface area contributed by atoms with Crippen LogP contribution in [0.5, 0.6) is 0 Å². The van der Waals surface area contributed by atoms with Gasteiger partial charge in [0, 0.05) is 45.7 Å². The Bertz CT molecular complexity index is 1430. The van der Waals surface area contributed by atoms with Crippen LogP contribution in [0.2, 0.25) is 5.02 Å². The van der Waals surface area contributed by atoms with Crippen molar-refractivity contribution in [2.45, 2.75) is 13.1 Å². The van der Waals surface area contributed by atoms with Gasteiger partial charge in [0.1, 0.15) is 5.69 Å². The number of imidazole rings is 1. The van der Waals surface area contributed by atoms with Crippen LogP contribution in [0.25, 0.3) is 22.6 Å². The molecule has 0 aliphatic heterocycles. The van der Waals surface area contributed by atoms with E-state index in [0.717, 1.165) is 48.7 Å². The largest absolute Gasteiger partial charge is 0.372 e. The van der Waals surface area contributed by atoms with Gasteiger partial charge in [-0.05, 0) is 41.3 Å². The molecule has 10 heteroatoms. The number of anilines is 1. The second-order valence-corrected chi connectivity index (χ2v) is 10.1. The number of pyridine rings is 1. The average molecular weight is 638 g/mol. The summed E-state index contributed by atoms with van der Waals surface area (Å²) >= 11 is 8.59. The minimum absolute atomic E-state index is 0. The van der Waals surface area contributed by atoms with Gasteiger partial charge in [-0.3, -0.25) is 13.9 Å². The van der Waals surface area contributed by atoms with Crippen LogP contribution in [0.15, 0.2) is 97.2 Å².